The molecule has 1 atom stereocenters. The Kier molecular flexibility index (Phi) is 4.99. The van der Waals surface area contributed by atoms with Gasteiger partial charge >= 0.3 is 5.97 Å². The molecule has 2 aromatic rings. The van der Waals surface area contributed by atoms with Gasteiger partial charge in [0, 0.05) is 44.5 Å². The molecule has 144 valence electrons. The van der Waals surface area contributed by atoms with E-state index >= 15 is 0 Å². The number of carbonyl (C=O) groups is 1. The van der Waals surface area contributed by atoms with Crippen LogP contribution in [0.25, 0.3) is 0 Å². The fraction of sp³-hybridized carbons (Fsp3) is 0.381. The largest absolute Gasteiger partial charge is 0.457 e. The molecule has 2 aliphatic rings. The molecule has 1 fully saturated rings. The van der Waals surface area contributed by atoms with Gasteiger partial charge in [-0.05, 0) is 36.2 Å². The van der Waals surface area contributed by atoms with Crippen LogP contribution in [0.5, 0.6) is 0 Å². The summed E-state index contributed by atoms with van der Waals surface area (Å²) in [6, 6.07) is 9.33. The van der Waals surface area contributed by atoms with Crippen LogP contribution >= 0.6 is 0 Å². The minimum atomic E-state index is -0.611. The zero-order valence-electron chi connectivity index (χ0n) is 15.8. The molecule has 0 bridgehead atoms. The summed E-state index contributed by atoms with van der Waals surface area (Å²) in [4.78, 5) is 20.5. The van der Waals surface area contributed by atoms with Crippen molar-refractivity contribution in [3.05, 3.63) is 58.3 Å². The molecule has 7 heteroatoms. The molecule has 1 saturated heterocycles. The molecule has 1 aromatic carbocycles. The second-order valence-electron chi connectivity index (χ2n) is 7.20. The maximum atomic E-state index is 11.7. The van der Waals surface area contributed by atoms with Crippen molar-refractivity contribution in [2.24, 2.45) is 0 Å². The number of piperazine rings is 1. The normalized spacial score (nSPS) is 17.8. The Morgan fingerprint density at radius 1 is 1.25 bits per heavy atom. The number of anilines is 1. The van der Waals surface area contributed by atoms with Gasteiger partial charge in [0.1, 0.15) is 18.5 Å². The number of pyridine rings is 1. The molecule has 3 heterocycles. The predicted octanol–water partition coefficient (Wildman–Crippen LogP) is 1.79. The van der Waals surface area contributed by atoms with E-state index in [0.29, 0.717) is 17.7 Å². The lowest BCUT2D eigenvalue weighted by molar-refractivity contribution is 0.0535. The lowest BCUT2D eigenvalue weighted by atomic mass is 9.95. The van der Waals surface area contributed by atoms with Crippen LogP contribution < -0.4 is 4.90 Å². The molecule has 1 aromatic heterocycles. The van der Waals surface area contributed by atoms with E-state index < -0.39 is 6.10 Å². The molecule has 1 N–H and O–H groups in total. The first-order valence-electron chi connectivity index (χ1n) is 9.38. The van der Waals surface area contributed by atoms with E-state index in [1.807, 2.05) is 19.1 Å². The molecular formula is C21H22N4O3. The number of hydrogen-bond acceptors (Lipinski definition) is 7. The molecule has 7 nitrogen and oxygen atoms in total. The molecular weight excluding hydrogens is 356 g/mol. The molecule has 0 radical (unpaired) electrons. The number of carbonyl (C=O) groups excluding carboxylic acids is 1. The SMILES string of the molecule is Cc1c([C@@H](O)CN2CCN(c3ccc(C#N)cn3)CC2)ccc2c1COC2=O. The van der Waals surface area contributed by atoms with Gasteiger partial charge in [0.15, 0.2) is 0 Å². The second-order valence-corrected chi connectivity index (χ2v) is 7.20. The number of aliphatic hydroxyl groups is 1. The van der Waals surface area contributed by atoms with Crippen LogP contribution in [0.3, 0.4) is 0 Å². The molecule has 0 amide bonds. The van der Waals surface area contributed by atoms with Crippen molar-refractivity contribution in [2.75, 3.05) is 37.6 Å². The number of β-amino-alcohol motifs (C(OH)–C–C–N with tert-alkyl or cyclic N) is 1. The fourth-order valence-electron chi connectivity index (χ4n) is 3.87. The number of nitrogens with zero attached hydrogens (tertiary/aromatic N) is 4. The molecule has 4 rings (SSSR count). The number of benzene rings is 1. The number of fused-ring (bicyclic) bond motifs is 1. The first-order valence-corrected chi connectivity index (χ1v) is 9.38. The Labute approximate surface area is 163 Å². The van der Waals surface area contributed by atoms with Gasteiger partial charge < -0.3 is 14.7 Å². The Balaban J connectivity index is 1.37. The minimum absolute atomic E-state index is 0.285. The van der Waals surface area contributed by atoms with Gasteiger partial charge in [0.25, 0.3) is 0 Å². The number of esters is 1. The summed E-state index contributed by atoms with van der Waals surface area (Å²) in [6.45, 7) is 6.05. The maximum absolute atomic E-state index is 11.7. The summed E-state index contributed by atoms with van der Waals surface area (Å²) in [5.74, 6) is 0.588. The molecule has 0 aliphatic carbocycles. The number of ether oxygens (including phenoxy) is 1. The second kappa shape index (κ2) is 7.58. The highest BCUT2D eigenvalue weighted by Crippen LogP contribution is 2.29. The van der Waals surface area contributed by atoms with Crippen LogP contribution in [0.1, 0.15) is 38.7 Å². The van der Waals surface area contributed by atoms with Gasteiger partial charge in [-0.15, -0.1) is 0 Å². The third-order valence-corrected chi connectivity index (χ3v) is 5.57. The number of cyclic esters (lactones) is 1. The number of hydrogen-bond donors (Lipinski definition) is 1. The number of aromatic nitrogens is 1. The first-order chi connectivity index (χ1) is 13.6. The predicted molar refractivity (Wildman–Crippen MR) is 103 cm³/mol. The molecule has 0 saturated carbocycles. The molecule has 0 spiro atoms. The lowest BCUT2D eigenvalue weighted by Crippen LogP contribution is -2.47. The topological polar surface area (TPSA) is 89.7 Å². The van der Waals surface area contributed by atoms with Crippen molar-refractivity contribution in [3.63, 3.8) is 0 Å². The van der Waals surface area contributed by atoms with E-state index in [1.165, 1.54) is 0 Å². The zero-order chi connectivity index (χ0) is 19.7. The number of aliphatic hydroxyl groups excluding tert-OH is 1. The van der Waals surface area contributed by atoms with Crippen LogP contribution in [0.2, 0.25) is 0 Å². The van der Waals surface area contributed by atoms with Crippen molar-refractivity contribution in [3.8, 4) is 6.07 Å². The number of rotatable bonds is 4. The monoisotopic (exact) mass is 378 g/mol. The molecule has 2 aliphatic heterocycles. The van der Waals surface area contributed by atoms with Crippen LogP contribution in [0.4, 0.5) is 5.82 Å². The Hall–Kier alpha value is -2.95. The van der Waals surface area contributed by atoms with Crippen LogP contribution in [0, 0.1) is 18.3 Å². The van der Waals surface area contributed by atoms with Crippen molar-refractivity contribution >= 4 is 11.8 Å². The lowest BCUT2D eigenvalue weighted by Gasteiger charge is -2.36. The Morgan fingerprint density at radius 3 is 2.71 bits per heavy atom. The Morgan fingerprint density at radius 2 is 2.04 bits per heavy atom. The van der Waals surface area contributed by atoms with E-state index in [4.69, 9.17) is 10.00 Å². The smallest absolute Gasteiger partial charge is 0.338 e. The fourth-order valence-corrected chi connectivity index (χ4v) is 3.87. The third-order valence-electron chi connectivity index (χ3n) is 5.57. The first kappa shape index (κ1) is 18.4. The van der Waals surface area contributed by atoms with E-state index in [-0.39, 0.29) is 12.6 Å². The average molecular weight is 378 g/mol. The highest BCUT2D eigenvalue weighted by molar-refractivity contribution is 5.93. The summed E-state index contributed by atoms with van der Waals surface area (Å²) in [7, 11) is 0. The van der Waals surface area contributed by atoms with Gasteiger partial charge in [-0.1, -0.05) is 6.07 Å². The van der Waals surface area contributed by atoms with E-state index in [9.17, 15) is 9.90 Å². The van der Waals surface area contributed by atoms with Crippen molar-refractivity contribution in [2.45, 2.75) is 19.6 Å². The van der Waals surface area contributed by atoms with Gasteiger partial charge in [-0.2, -0.15) is 5.26 Å². The van der Waals surface area contributed by atoms with Gasteiger partial charge in [-0.3, -0.25) is 4.90 Å². The van der Waals surface area contributed by atoms with E-state index in [0.717, 1.165) is 48.7 Å². The molecule has 0 unspecified atom stereocenters. The summed E-state index contributed by atoms with van der Waals surface area (Å²) < 4.78 is 5.10. The summed E-state index contributed by atoms with van der Waals surface area (Å²) in [6.07, 6.45) is 0.983. The highest BCUT2D eigenvalue weighted by atomic mass is 16.5. The number of nitriles is 1. The van der Waals surface area contributed by atoms with Crippen LogP contribution in [0.15, 0.2) is 30.5 Å². The van der Waals surface area contributed by atoms with Crippen molar-refractivity contribution in [1.82, 2.24) is 9.88 Å². The quantitative estimate of drug-likeness (QED) is 0.811. The highest BCUT2D eigenvalue weighted by Gasteiger charge is 2.27. The van der Waals surface area contributed by atoms with Crippen molar-refractivity contribution < 1.29 is 14.6 Å². The van der Waals surface area contributed by atoms with Crippen LogP contribution in [-0.2, 0) is 11.3 Å². The van der Waals surface area contributed by atoms with E-state index in [1.54, 1.807) is 18.3 Å². The summed E-state index contributed by atoms with van der Waals surface area (Å²) >= 11 is 0. The van der Waals surface area contributed by atoms with Gasteiger partial charge in [0.2, 0.25) is 0 Å². The van der Waals surface area contributed by atoms with Gasteiger partial charge in [-0.25, -0.2) is 9.78 Å². The summed E-state index contributed by atoms with van der Waals surface area (Å²) in [5.41, 5.74) is 3.85. The van der Waals surface area contributed by atoms with E-state index in [2.05, 4.69) is 20.9 Å². The zero-order valence-corrected chi connectivity index (χ0v) is 15.8. The van der Waals surface area contributed by atoms with Crippen molar-refractivity contribution in [1.29, 1.82) is 5.26 Å². The third kappa shape index (κ3) is 3.44. The Bertz CT molecular complexity index is 928. The average Bonchev–Trinajstić information content (AvgIpc) is 3.10. The van der Waals surface area contributed by atoms with Crippen LogP contribution in [-0.4, -0.2) is 53.7 Å². The van der Waals surface area contributed by atoms with Gasteiger partial charge in [0.05, 0.1) is 17.2 Å². The standard InChI is InChI=1S/C21H22N4O3/c1-14-16(3-4-17-18(14)13-28-21(17)27)19(26)12-24-6-8-25(9-7-24)20-5-2-15(10-22)11-23-20/h2-5,11,19,26H,6-9,12-13H2,1H3/t19-/m0/s1. The molecule has 28 heavy (non-hydrogen) atoms. The minimum Gasteiger partial charge on any atom is -0.457 e. The maximum Gasteiger partial charge on any atom is 0.338 e. The summed E-state index contributed by atoms with van der Waals surface area (Å²) in [5, 5.41) is 19.6.